The van der Waals surface area contributed by atoms with E-state index in [1.165, 1.54) is 12.3 Å². The minimum absolute atomic E-state index is 0.275. The number of amides is 2. The lowest BCUT2D eigenvalue weighted by Crippen LogP contribution is -2.33. The summed E-state index contributed by atoms with van der Waals surface area (Å²) in [5.41, 5.74) is 0. The summed E-state index contributed by atoms with van der Waals surface area (Å²) in [6.07, 6.45) is 2.37. The Hall–Kier alpha value is -1.03. The third-order valence-corrected chi connectivity index (χ3v) is 1.00. The van der Waals surface area contributed by atoms with Gasteiger partial charge in [0.25, 0.3) is 0 Å². The van der Waals surface area contributed by atoms with Crippen LogP contribution in [-0.4, -0.2) is 23.8 Å². The number of nitrogens with one attached hydrogen (secondary N) is 2. The first kappa shape index (κ1) is 6.10. The maximum absolute atomic E-state index is 10.4. The van der Waals surface area contributed by atoms with E-state index in [9.17, 15) is 4.79 Å². The normalized spacial score (nSPS) is 26.3. The summed E-state index contributed by atoms with van der Waals surface area (Å²) >= 11 is 0. The molecule has 4 heteroatoms. The third-order valence-electron chi connectivity index (χ3n) is 1.00. The second kappa shape index (κ2) is 2.50. The van der Waals surface area contributed by atoms with Crippen LogP contribution in [0.5, 0.6) is 0 Å². The van der Waals surface area contributed by atoms with E-state index in [1.807, 2.05) is 0 Å². The highest BCUT2D eigenvalue weighted by Gasteiger charge is 2.05. The highest BCUT2D eigenvalue weighted by atomic mass is 16.3. The van der Waals surface area contributed by atoms with Gasteiger partial charge in [-0.2, -0.15) is 0 Å². The fraction of sp³-hybridized carbons (Fsp3) is 0.400. The van der Waals surface area contributed by atoms with Crippen LogP contribution in [0, 0.1) is 0 Å². The SMILES string of the molecule is O=C1NC=CC(O)CN1. The van der Waals surface area contributed by atoms with Gasteiger partial charge in [-0.1, -0.05) is 0 Å². The molecule has 0 saturated heterocycles. The van der Waals surface area contributed by atoms with Gasteiger partial charge in [0, 0.05) is 12.7 Å². The van der Waals surface area contributed by atoms with Crippen LogP contribution < -0.4 is 10.6 Å². The summed E-state index contributed by atoms with van der Waals surface area (Å²) in [4.78, 5) is 10.4. The first-order valence-corrected chi connectivity index (χ1v) is 2.68. The van der Waals surface area contributed by atoms with Crippen LogP contribution >= 0.6 is 0 Å². The van der Waals surface area contributed by atoms with Gasteiger partial charge in [0.15, 0.2) is 0 Å². The van der Waals surface area contributed by atoms with E-state index in [0.717, 1.165) is 0 Å². The van der Waals surface area contributed by atoms with Crippen LogP contribution in [0.2, 0.25) is 0 Å². The van der Waals surface area contributed by atoms with Crippen molar-refractivity contribution in [1.82, 2.24) is 10.6 Å². The molecule has 50 valence electrons. The maximum atomic E-state index is 10.4. The lowest BCUT2D eigenvalue weighted by molar-refractivity contribution is 0.214. The summed E-state index contributed by atoms with van der Waals surface area (Å²) in [6, 6.07) is -0.275. The number of hydrogen-bond acceptors (Lipinski definition) is 2. The summed E-state index contributed by atoms with van der Waals surface area (Å²) in [6.45, 7) is 0.280. The number of carbonyl (C=O) groups is 1. The van der Waals surface area contributed by atoms with Crippen molar-refractivity contribution in [3.05, 3.63) is 12.3 Å². The lowest BCUT2D eigenvalue weighted by Gasteiger charge is -2.00. The van der Waals surface area contributed by atoms with Crippen LogP contribution in [0.1, 0.15) is 0 Å². The van der Waals surface area contributed by atoms with Crippen molar-refractivity contribution >= 4 is 6.03 Å². The number of carbonyl (C=O) groups excluding carboxylic acids is 1. The zero-order valence-electron chi connectivity index (χ0n) is 4.79. The first-order valence-electron chi connectivity index (χ1n) is 2.68. The molecule has 0 bridgehead atoms. The van der Waals surface area contributed by atoms with Gasteiger partial charge in [0.05, 0.1) is 6.10 Å². The van der Waals surface area contributed by atoms with Gasteiger partial charge >= 0.3 is 6.03 Å². The van der Waals surface area contributed by atoms with Gasteiger partial charge < -0.3 is 15.7 Å². The molecule has 1 rings (SSSR count). The maximum Gasteiger partial charge on any atom is 0.318 e. The topological polar surface area (TPSA) is 61.4 Å². The number of hydrogen-bond donors (Lipinski definition) is 3. The highest BCUT2D eigenvalue weighted by Crippen LogP contribution is 1.85. The monoisotopic (exact) mass is 128 g/mol. The van der Waals surface area contributed by atoms with Crippen molar-refractivity contribution in [2.24, 2.45) is 0 Å². The molecule has 1 aliphatic rings. The van der Waals surface area contributed by atoms with Crippen LogP contribution in [0.3, 0.4) is 0 Å². The fourth-order valence-electron chi connectivity index (χ4n) is 0.551. The lowest BCUT2D eigenvalue weighted by atomic mass is 10.3. The van der Waals surface area contributed by atoms with Crippen molar-refractivity contribution < 1.29 is 9.90 Å². The molecule has 0 saturated carbocycles. The summed E-state index contributed by atoms with van der Waals surface area (Å²) < 4.78 is 0. The van der Waals surface area contributed by atoms with Crippen LogP contribution in [0.15, 0.2) is 12.3 Å². The molecule has 3 N–H and O–H groups in total. The predicted octanol–water partition coefficient (Wildman–Crippen LogP) is -0.826. The first-order chi connectivity index (χ1) is 4.29. The summed E-state index contributed by atoms with van der Waals surface area (Å²) in [5.74, 6) is 0. The standard InChI is InChI=1S/C5H8N2O2/c8-4-1-2-6-5(9)7-3-4/h1-2,4,8H,3H2,(H2,6,7,9). The quantitative estimate of drug-likeness (QED) is 0.399. The number of aliphatic hydroxyl groups is 1. The van der Waals surface area contributed by atoms with Gasteiger partial charge in [-0.05, 0) is 6.08 Å². The molecule has 4 nitrogen and oxygen atoms in total. The zero-order valence-corrected chi connectivity index (χ0v) is 4.79. The largest absolute Gasteiger partial charge is 0.387 e. The second-order valence-corrected chi connectivity index (χ2v) is 1.78. The van der Waals surface area contributed by atoms with E-state index in [2.05, 4.69) is 10.6 Å². The van der Waals surface area contributed by atoms with Crippen molar-refractivity contribution in [3.8, 4) is 0 Å². The van der Waals surface area contributed by atoms with Crippen LogP contribution in [0.4, 0.5) is 4.79 Å². The molecule has 0 spiro atoms. The molecular formula is C5H8N2O2. The third kappa shape index (κ3) is 1.73. The molecule has 1 atom stereocenters. The Morgan fingerprint density at radius 1 is 1.78 bits per heavy atom. The van der Waals surface area contributed by atoms with Crippen molar-refractivity contribution in [3.63, 3.8) is 0 Å². The Balaban J connectivity index is 2.48. The molecule has 0 aromatic rings. The molecule has 1 aliphatic heterocycles. The molecule has 0 aromatic heterocycles. The van der Waals surface area contributed by atoms with Crippen molar-refractivity contribution in [2.75, 3.05) is 6.54 Å². The van der Waals surface area contributed by atoms with Gasteiger partial charge in [0.2, 0.25) is 0 Å². The molecule has 0 fully saturated rings. The molecular weight excluding hydrogens is 120 g/mol. The number of urea groups is 1. The number of aliphatic hydroxyl groups excluding tert-OH is 1. The van der Waals surface area contributed by atoms with Gasteiger partial charge in [-0.15, -0.1) is 0 Å². The summed E-state index contributed by atoms with van der Waals surface area (Å²) in [5, 5.41) is 13.7. The summed E-state index contributed by atoms with van der Waals surface area (Å²) in [7, 11) is 0. The average molecular weight is 128 g/mol. The minimum Gasteiger partial charge on any atom is -0.387 e. The van der Waals surface area contributed by atoms with Crippen LogP contribution in [0.25, 0.3) is 0 Å². The van der Waals surface area contributed by atoms with E-state index in [1.54, 1.807) is 0 Å². The van der Waals surface area contributed by atoms with Gasteiger partial charge in [-0.25, -0.2) is 4.79 Å². The highest BCUT2D eigenvalue weighted by molar-refractivity contribution is 5.75. The van der Waals surface area contributed by atoms with E-state index >= 15 is 0 Å². The van der Waals surface area contributed by atoms with E-state index in [4.69, 9.17) is 5.11 Å². The van der Waals surface area contributed by atoms with E-state index < -0.39 is 6.10 Å². The number of β-amino-alcohol motifs (C(OH)–C–C–N with tert-alkyl or cyclic N) is 1. The Morgan fingerprint density at radius 2 is 2.56 bits per heavy atom. The fourth-order valence-corrected chi connectivity index (χ4v) is 0.551. The molecule has 1 heterocycles. The Bertz CT molecular complexity index is 144. The molecule has 0 aromatic carbocycles. The second-order valence-electron chi connectivity index (χ2n) is 1.78. The van der Waals surface area contributed by atoms with Gasteiger partial charge in [0.1, 0.15) is 0 Å². The van der Waals surface area contributed by atoms with Crippen molar-refractivity contribution in [1.29, 1.82) is 0 Å². The van der Waals surface area contributed by atoms with E-state index in [-0.39, 0.29) is 12.6 Å². The van der Waals surface area contributed by atoms with Crippen LogP contribution in [-0.2, 0) is 0 Å². The molecule has 0 aliphatic carbocycles. The van der Waals surface area contributed by atoms with Gasteiger partial charge in [-0.3, -0.25) is 0 Å². The zero-order chi connectivity index (χ0) is 6.69. The minimum atomic E-state index is -0.566. The number of rotatable bonds is 0. The van der Waals surface area contributed by atoms with E-state index in [0.29, 0.717) is 0 Å². The van der Waals surface area contributed by atoms with Crippen molar-refractivity contribution in [2.45, 2.75) is 6.10 Å². The average Bonchev–Trinajstić information content (AvgIpc) is 1.97. The molecule has 9 heavy (non-hydrogen) atoms. The smallest absolute Gasteiger partial charge is 0.318 e. The Morgan fingerprint density at radius 3 is 3.33 bits per heavy atom. The Labute approximate surface area is 52.6 Å². The molecule has 0 radical (unpaired) electrons. The molecule has 2 amide bonds. The predicted molar refractivity (Wildman–Crippen MR) is 31.7 cm³/mol. The molecule has 1 unspecified atom stereocenters. The Kier molecular flexibility index (Phi) is 1.69.